The van der Waals surface area contributed by atoms with E-state index in [4.69, 9.17) is 11.6 Å². The molecular weight excluding hydrogens is 354 g/mol. The summed E-state index contributed by atoms with van der Waals surface area (Å²) < 4.78 is 24.6. The van der Waals surface area contributed by atoms with Gasteiger partial charge in [-0.3, -0.25) is 9.59 Å². The molecule has 1 aliphatic carbocycles. The van der Waals surface area contributed by atoms with E-state index in [1.54, 1.807) is 6.92 Å². The monoisotopic (exact) mass is 373 g/mol. The number of carbonyl (C=O) groups is 2. The van der Waals surface area contributed by atoms with Crippen LogP contribution in [0.1, 0.15) is 32.6 Å². The van der Waals surface area contributed by atoms with Crippen molar-refractivity contribution in [2.24, 2.45) is 5.92 Å². The summed E-state index contributed by atoms with van der Waals surface area (Å²) in [5.41, 5.74) is -0.934. The average molecular weight is 374 g/mol. The van der Waals surface area contributed by atoms with Crippen LogP contribution < -0.4 is 5.32 Å². The van der Waals surface area contributed by atoms with E-state index in [1.807, 2.05) is 0 Å². The Morgan fingerprint density at radius 1 is 1.29 bits per heavy atom. The van der Waals surface area contributed by atoms with Crippen molar-refractivity contribution in [3.8, 4) is 0 Å². The minimum absolute atomic E-state index is 0.00521. The van der Waals surface area contributed by atoms with Crippen molar-refractivity contribution in [3.63, 3.8) is 0 Å². The maximum atomic E-state index is 12.3. The smallest absolute Gasteiger partial charge is 0.308 e. The van der Waals surface area contributed by atoms with Gasteiger partial charge in [-0.1, -0.05) is 24.4 Å². The fraction of sp³-hybridized carbons (Fsp3) is 0.500. The van der Waals surface area contributed by atoms with Crippen molar-refractivity contribution < 1.29 is 23.1 Å². The van der Waals surface area contributed by atoms with E-state index >= 15 is 0 Å². The molecule has 2 N–H and O–H groups in total. The van der Waals surface area contributed by atoms with E-state index in [0.717, 1.165) is 12.8 Å². The minimum atomic E-state index is -3.81. The molecule has 0 spiro atoms. The molecule has 132 valence electrons. The molecule has 24 heavy (non-hydrogen) atoms. The van der Waals surface area contributed by atoms with Gasteiger partial charge in [0.05, 0.1) is 16.4 Å². The van der Waals surface area contributed by atoms with Gasteiger partial charge < -0.3 is 10.4 Å². The third-order valence-electron chi connectivity index (χ3n) is 4.42. The number of carbonyl (C=O) groups excluding carboxylic acids is 1. The first kappa shape index (κ1) is 18.7. The van der Waals surface area contributed by atoms with Gasteiger partial charge in [0.25, 0.3) is 0 Å². The van der Waals surface area contributed by atoms with Crippen LogP contribution in [-0.2, 0) is 19.4 Å². The summed E-state index contributed by atoms with van der Waals surface area (Å²) in [4.78, 5) is 23.6. The van der Waals surface area contributed by atoms with Crippen LogP contribution in [0.2, 0.25) is 5.02 Å². The SMILES string of the molecule is CC1(NC(=O)CS(=O)(=O)c2ccc(Cl)cc2)CCCCC1C(=O)O. The van der Waals surface area contributed by atoms with Crippen molar-refractivity contribution in [3.05, 3.63) is 29.3 Å². The van der Waals surface area contributed by atoms with Crippen LogP contribution >= 0.6 is 11.6 Å². The number of carboxylic acid groups (broad SMARTS) is 1. The van der Waals surface area contributed by atoms with Crippen molar-refractivity contribution in [1.82, 2.24) is 5.32 Å². The highest BCUT2D eigenvalue weighted by atomic mass is 35.5. The molecule has 2 atom stereocenters. The van der Waals surface area contributed by atoms with Gasteiger partial charge in [0.15, 0.2) is 9.84 Å². The standard InChI is InChI=1S/C16H20ClNO5S/c1-16(9-3-2-4-13(16)15(20)21)18-14(19)10-24(22,23)12-7-5-11(17)6-8-12/h5-8,13H,2-4,9-10H2,1H3,(H,18,19)(H,20,21). The van der Waals surface area contributed by atoms with Crippen molar-refractivity contribution in [2.45, 2.75) is 43.0 Å². The van der Waals surface area contributed by atoms with Gasteiger partial charge in [-0.15, -0.1) is 0 Å². The summed E-state index contributed by atoms with van der Waals surface area (Å²) in [6.45, 7) is 1.66. The second-order valence-electron chi connectivity index (χ2n) is 6.32. The number of halogens is 1. The Bertz CT molecular complexity index is 731. The van der Waals surface area contributed by atoms with Gasteiger partial charge in [-0.25, -0.2) is 8.42 Å². The van der Waals surface area contributed by atoms with E-state index in [0.29, 0.717) is 17.9 Å². The van der Waals surface area contributed by atoms with E-state index < -0.39 is 38.9 Å². The Balaban J connectivity index is 2.11. The Labute approximate surface area is 146 Å². The summed E-state index contributed by atoms with van der Waals surface area (Å²) in [6.07, 6.45) is 2.56. The molecule has 0 heterocycles. The Morgan fingerprint density at radius 2 is 1.92 bits per heavy atom. The van der Waals surface area contributed by atoms with Gasteiger partial charge in [0.2, 0.25) is 5.91 Å². The molecule has 1 saturated carbocycles. The van der Waals surface area contributed by atoms with Gasteiger partial charge >= 0.3 is 5.97 Å². The molecule has 2 rings (SSSR count). The number of carboxylic acids is 1. The molecule has 0 aromatic heterocycles. The molecule has 1 fully saturated rings. The Kier molecular flexibility index (Phi) is 5.55. The quantitative estimate of drug-likeness (QED) is 0.824. The molecule has 0 bridgehead atoms. The predicted molar refractivity (Wildman–Crippen MR) is 89.6 cm³/mol. The number of hydrogen-bond acceptors (Lipinski definition) is 4. The normalized spacial score (nSPS) is 24.3. The zero-order valence-corrected chi connectivity index (χ0v) is 14.9. The van der Waals surface area contributed by atoms with E-state index in [1.165, 1.54) is 24.3 Å². The molecule has 0 radical (unpaired) electrons. The number of rotatable bonds is 5. The fourth-order valence-corrected chi connectivity index (χ4v) is 4.39. The summed E-state index contributed by atoms with van der Waals surface area (Å²) in [5, 5.41) is 12.4. The van der Waals surface area contributed by atoms with Crippen molar-refractivity contribution in [1.29, 1.82) is 0 Å². The molecular formula is C16H20ClNO5S. The van der Waals surface area contributed by atoms with Gasteiger partial charge in [0.1, 0.15) is 5.75 Å². The highest BCUT2D eigenvalue weighted by Gasteiger charge is 2.42. The summed E-state index contributed by atoms with van der Waals surface area (Å²) in [5.74, 6) is -3.11. The van der Waals surface area contributed by atoms with Crippen LogP contribution in [0, 0.1) is 5.92 Å². The molecule has 6 nitrogen and oxygen atoms in total. The maximum absolute atomic E-state index is 12.3. The Morgan fingerprint density at radius 3 is 2.50 bits per heavy atom. The number of aliphatic carboxylic acids is 1. The van der Waals surface area contributed by atoms with Crippen LogP contribution in [-0.4, -0.2) is 36.7 Å². The highest BCUT2D eigenvalue weighted by Crippen LogP contribution is 2.33. The number of sulfone groups is 1. The summed E-state index contributed by atoms with van der Waals surface area (Å²) in [7, 11) is -3.81. The van der Waals surface area contributed by atoms with Gasteiger partial charge in [-0.05, 0) is 44.0 Å². The second kappa shape index (κ2) is 7.11. The lowest BCUT2D eigenvalue weighted by molar-refractivity contribution is -0.146. The van der Waals surface area contributed by atoms with E-state index in [9.17, 15) is 23.1 Å². The second-order valence-corrected chi connectivity index (χ2v) is 8.74. The molecule has 1 aliphatic rings. The first-order valence-corrected chi connectivity index (χ1v) is 9.69. The molecule has 0 aliphatic heterocycles. The average Bonchev–Trinajstić information content (AvgIpc) is 2.46. The molecule has 1 amide bonds. The summed E-state index contributed by atoms with van der Waals surface area (Å²) in [6, 6.07) is 5.56. The number of amides is 1. The topological polar surface area (TPSA) is 101 Å². The first-order valence-electron chi connectivity index (χ1n) is 7.66. The lowest BCUT2D eigenvalue weighted by Crippen LogP contribution is -2.56. The molecule has 0 saturated heterocycles. The zero-order chi connectivity index (χ0) is 18.0. The molecule has 1 aromatic carbocycles. The third-order valence-corrected chi connectivity index (χ3v) is 6.31. The van der Waals surface area contributed by atoms with Crippen molar-refractivity contribution in [2.75, 3.05) is 5.75 Å². The maximum Gasteiger partial charge on any atom is 0.308 e. The van der Waals surface area contributed by atoms with Crippen LogP contribution in [0.4, 0.5) is 0 Å². The molecule has 8 heteroatoms. The van der Waals surface area contributed by atoms with Crippen LogP contribution in [0.3, 0.4) is 0 Å². The van der Waals surface area contributed by atoms with Crippen LogP contribution in [0.15, 0.2) is 29.2 Å². The largest absolute Gasteiger partial charge is 0.481 e. The molecule has 2 unspecified atom stereocenters. The number of nitrogens with one attached hydrogen (secondary N) is 1. The highest BCUT2D eigenvalue weighted by molar-refractivity contribution is 7.92. The van der Waals surface area contributed by atoms with Crippen LogP contribution in [0.5, 0.6) is 0 Å². The first-order chi connectivity index (χ1) is 11.1. The van der Waals surface area contributed by atoms with Gasteiger partial charge in [-0.2, -0.15) is 0 Å². The molecule has 1 aromatic rings. The number of hydrogen-bond donors (Lipinski definition) is 2. The van der Waals surface area contributed by atoms with Crippen LogP contribution in [0.25, 0.3) is 0 Å². The lowest BCUT2D eigenvalue weighted by Gasteiger charge is -2.39. The fourth-order valence-electron chi connectivity index (χ4n) is 3.13. The van der Waals surface area contributed by atoms with E-state index in [2.05, 4.69) is 5.32 Å². The van der Waals surface area contributed by atoms with Gasteiger partial charge in [0, 0.05) is 5.02 Å². The van der Waals surface area contributed by atoms with E-state index in [-0.39, 0.29) is 4.90 Å². The zero-order valence-electron chi connectivity index (χ0n) is 13.3. The third kappa shape index (κ3) is 4.27. The van der Waals surface area contributed by atoms with Crippen molar-refractivity contribution >= 4 is 33.3 Å². The lowest BCUT2D eigenvalue weighted by atomic mass is 9.74. The Hall–Kier alpha value is -1.60. The summed E-state index contributed by atoms with van der Waals surface area (Å²) >= 11 is 5.73. The predicted octanol–water partition coefficient (Wildman–Crippen LogP) is 2.26. The number of benzene rings is 1. The minimum Gasteiger partial charge on any atom is -0.481 e.